The molecule has 0 amide bonds. The number of carbonyl (C=O) groups excluding carboxylic acids is 1. The maximum absolute atomic E-state index is 12.9. The molecule has 16 atom stereocenters. The molecular formula is C39H63NO15. The number of rotatable bonds is 6. The molecule has 3 rings (SSSR count). The first kappa shape index (κ1) is 46.8. The van der Waals surface area contributed by atoms with Crippen LogP contribution in [0.25, 0.3) is 0 Å². The third-order valence-electron chi connectivity index (χ3n) is 10.4. The van der Waals surface area contributed by atoms with Gasteiger partial charge in [-0.05, 0) is 33.1 Å². The molecule has 3 aliphatic rings. The lowest BCUT2D eigenvalue weighted by molar-refractivity contribution is -0.308. The number of hydrogen-bond donors (Lipinski definition) is 10. The van der Waals surface area contributed by atoms with E-state index in [0.717, 1.165) is 12.8 Å². The number of fused-ring (bicyclic) bond motifs is 2. The molecule has 314 valence electrons. The Bertz CT molecular complexity index is 1310. The molecule has 2 fully saturated rings. The topological polar surface area (TPSA) is 279 Å². The number of nitrogens with two attached hydrogens (primary N) is 1. The minimum Gasteiger partial charge on any atom is -0.481 e. The standard InChI is InChI=1S/C39H63NO15/c1-4-5-13-27-14-11-9-7-6-8-10-12-15-28(54-38-35(47)33(40)34(46)23(3)52-38)19-31-32(36(48)49)30(45)21-39(51,55-31)20-26(43)17-24(41)16-25(42)18-29(44)22(2)37(50)53-27/h6-12,15,22-35,38,41-47,51H,4-5,13-14,16-21,40H2,1-3H3,(H,48,49)/b7-6+,10-8+,11-9+,15-12+/t22?,23-,24?,25?,26?,27?,28?,29?,30?,31?,32?,33+,34-,35+,38+,39?/m1/s1. The van der Waals surface area contributed by atoms with Gasteiger partial charge in [0.25, 0.3) is 0 Å². The van der Waals surface area contributed by atoms with Crippen molar-refractivity contribution in [3.05, 3.63) is 48.6 Å². The Hall–Kier alpha value is -2.58. The van der Waals surface area contributed by atoms with Crippen LogP contribution in [-0.4, -0.2) is 143 Å². The summed E-state index contributed by atoms with van der Waals surface area (Å²) in [5, 5.41) is 96.4. The zero-order chi connectivity index (χ0) is 40.9. The van der Waals surface area contributed by atoms with Crippen molar-refractivity contribution in [2.45, 2.75) is 170 Å². The second kappa shape index (κ2) is 22.4. The van der Waals surface area contributed by atoms with Gasteiger partial charge in [0.1, 0.15) is 18.1 Å². The van der Waals surface area contributed by atoms with Crippen LogP contribution in [0.4, 0.5) is 0 Å². The van der Waals surface area contributed by atoms with Crippen molar-refractivity contribution < 1.29 is 74.5 Å². The van der Waals surface area contributed by atoms with Gasteiger partial charge in [-0.15, -0.1) is 0 Å². The first-order chi connectivity index (χ1) is 25.9. The fourth-order valence-electron chi connectivity index (χ4n) is 7.11. The average Bonchev–Trinajstić information content (AvgIpc) is 3.09. The summed E-state index contributed by atoms with van der Waals surface area (Å²) >= 11 is 0. The van der Waals surface area contributed by atoms with Crippen molar-refractivity contribution in [2.75, 3.05) is 0 Å². The normalized spacial score (nSPS) is 44.4. The Balaban J connectivity index is 1.92. The van der Waals surface area contributed by atoms with Crippen LogP contribution < -0.4 is 5.73 Å². The lowest BCUT2D eigenvalue weighted by atomic mass is 9.82. The number of aliphatic hydroxyl groups is 8. The Morgan fingerprint density at radius 1 is 0.873 bits per heavy atom. The fraction of sp³-hybridized carbons (Fsp3) is 0.744. The molecule has 2 saturated heterocycles. The van der Waals surface area contributed by atoms with Crippen LogP contribution >= 0.6 is 0 Å². The highest BCUT2D eigenvalue weighted by molar-refractivity contribution is 5.73. The van der Waals surface area contributed by atoms with Gasteiger partial charge in [0, 0.05) is 32.1 Å². The highest BCUT2D eigenvalue weighted by atomic mass is 16.7. The van der Waals surface area contributed by atoms with E-state index in [4.69, 9.17) is 24.7 Å². The van der Waals surface area contributed by atoms with E-state index in [1.165, 1.54) is 13.0 Å². The van der Waals surface area contributed by atoms with Gasteiger partial charge in [0.2, 0.25) is 0 Å². The molecule has 16 heteroatoms. The summed E-state index contributed by atoms with van der Waals surface area (Å²) in [6, 6.07) is -1.12. The largest absolute Gasteiger partial charge is 0.481 e. The van der Waals surface area contributed by atoms with Crippen molar-refractivity contribution in [2.24, 2.45) is 17.6 Å². The number of ether oxygens (including phenoxy) is 4. The van der Waals surface area contributed by atoms with E-state index in [2.05, 4.69) is 0 Å². The third kappa shape index (κ3) is 14.7. The minimum atomic E-state index is -2.26. The predicted molar refractivity (Wildman–Crippen MR) is 198 cm³/mol. The Morgan fingerprint density at radius 3 is 2.18 bits per heavy atom. The van der Waals surface area contributed by atoms with Gasteiger partial charge in [0.05, 0.1) is 66.9 Å². The SMILES string of the molecule is CCCCC1C/C=C/C=C/C=C/C=C/C(O[C@@H]2O[C@H](C)[C@@H](O)[C@H](N)[C@@H]2O)CC2OC(O)(CC(O)CC(O)CC(O)CC(O)C(C)C(=O)O1)CC(O)C2C(=O)O. The zero-order valence-electron chi connectivity index (χ0n) is 31.9. The number of carboxylic acid groups (broad SMARTS) is 1. The van der Waals surface area contributed by atoms with Crippen LogP contribution in [0.3, 0.4) is 0 Å². The monoisotopic (exact) mass is 785 g/mol. The van der Waals surface area contributed by atoms with Gasteiger partial charge in [-0.3, -0.25) is 9.59 Å². The van der Waals surface area contributed by atoms with Crippen molar-refractivity contribution in [3.8, 4) is 0 Å². The van der Waals surface area contributed by atoms with Gasteiger partial charge >= 0.3 is 11.9 Å². The molecule has 11 unspecified atom stereocenters. The van der Waals surface area contributed by atoms with Crippen molar-refractivity contribution in [1.29, 1.82) is 0 Å². The second-order valence-corrected chi connectivity index (χ2v) is 15.2. The molecule has 0 aromatic carbocycles. The summed E-state index contributed by atoms with van der Waals surface area (Å²) in [6.07, 6.45) is -0.632. The molecule has 0 aromatic heterocycles. The molecule has 3 aliphatic heterocycles. The number of carbonyl (C=O) groups is 2. The smallest absolute Gasteiger partial charge is 0.311 e. The Kier molecular flexibility index (Phi) is 19.0. The predicted octanol–water partition coefficient (Wildman–Crippen LogP) is 0.465. The van der Waals surface area contributed by atoms with Gasteiger partial charge in [-0.1, -0.05) is 68.4 Å². The van der Waals surface area contributed by atoms with Gasteiger partial charge in [-0.25, -0.2) is 0 Å². The molecule has 0 spiro atoms. The average molecular weight is 786 g/mol. The summed E-state index contributed by atoms with van der Waals surface area (Å²) in [7, 11) is 0. The van der Waals surface area contributed by atoms with Crippen molar-refractivity contribution in [3.63, 3.8) is 0 Å². The quantitative estimate of drug-likeness (QED) is 0.164. The molecule has 2 bridgehead atoms. The molecule has 3 heterocycles. The summed E-state index contributed by atoms with van der Waals surface area (Å²) < 4.78 is 23.4. The summed E-state index contributed by atoms with van der Waals surface area (Å²) in [5.41, 5.74) is 6.00. The first-order valence-corrected chi connectivity index (χ1v) is 19.3. The van der Waals surface area contributed by atoms with Gasteiger partial charge in [-0.2, -0.15) is 0 Å². The van der Waals surface area contributed by atoms with E-state index in [1.54, 1.807) is 43.4 Å². The molecule has 16 nitrogen and oxygen atoms in total. The van der Waals surface area contributed by atoms with Crippen LogP contribution in [0.1, 0.15) is 85.0 Å². The zero-order valence-corrected chi connectivity index (χ0v) is 31.9. The highest BCUT2D eigenvalue weighted by Crippen LogP contribution is 2.38. The van der Waals surface area contributed by atoms with Crippen LogP contribution in [0.2, 0.25) is 0 Å². The lowest BCUT2D eigenvalue weighted by Gasteiger charge is -2.45. The van der Waals surface area contributed by atoms with Crippen LogP contribution in [0.15, 0.2) is 48.6 Å². The van der Waals surface area contributed by atoms with Crippen LogP contribution in [-0.2, 0) is 28.5 Å². The fourth-order valence-corrected chi connectivity index (χ4v) is 7.11. The first-order valence-electron chi connectivity index (χ1n) is 19.3. The van der Waals surface area contributed by atoms with Crippen LogP contribution in [0.5, 0.6) is 0 Å². The number of hydrogen-bond acceptors (Lipinski definition) is 15. The van der Waals surface area contributed by atoms with E-state index in [0.29, 0.717) is 12.8 Å². The lowest BCUT2D eigenvalue weighted by Crippen LogP contribution is -2.61. The molecule has 0 saturated carbocycles. The Labute approximate surface area is 322 Å². The van der Waals surface area contributed by atoms with Gasteiger partial charge < -0.3 is 70.6 Å². The molecule has 55 heavy (non-hydrogen) atoms. The van der Waals surface area contributed by atoms with Crippen molar-refractivity contribution >= 4 is 11.9 Å². The summed E-state index contributed by atoms with van der Waals surface area (Å²) in [5.74, 6) is -6.80. The number of aliphatic carboxylic acids is 1. The summed E-state index contributed by atoms with van der Waals surface area (Å²) in [6.45, 7) is 5.06. The van der Waals surface area contributed by atoms with Crippen molar-refractivity contribution in [1.82, 2.24) is 0 Å². The van der Waals surface area contributed by atoms with Crippen LogP contribution in [0, 0.1) is 11.8 Å². The van der Waals surface area contributed by atoms with E-state index in [-0.39, 0.29) is 25.7 Å². The second-order valence-electron chi connectivity index (χ2n) is 15.2. The van der Waals surface area contributed by atoms with E-state index in [1.807, 2.05) is 13.0 Å². The molecule has 0 aliphatic carbocycles. The molecular weight excluding hydrogens is 722 g/mol. The van der Waals surface area contributed by atoms with E-state index >= 15 is 0 Å². The molecule has 0 radical (unpaired) electrons. The highest BCUT2D eigenvalue weighted by Gasteiger charge is 2.51. The maximum Gasteiger partial charge on any atom is 0.311 e. The van der Waals surface area contributed by atoms with E-state index in [9.17, 15) is 55.5 Å². The van der Waals surface area contributed by atoms with E-state index < -0.39 is 122 Å². The number of cyclic esters (lactones) is 1. The number of aliphatic hydroxyl groups excluding tert-OH is 7. The number of carboxylic acids is 1. The third-order valence-corrected chi connectivity index (χ3v) is 10.4. The maximum atomic E-state index is 12.9. The number of unbranched alkanes of at least 4 members (excludes halogenated alkanes) is 1. The molecule has 0 aromatic rings. The number of esters is 1. The Morgan fingerprint density at radius 2 is 1.51 bits per heavy atom. The number of allylic oxidation sites excluding steroid dienone is 6. The minimum absolute atomic E-state index is 0.259. The van der Waals surface area contributed by atoms with Gasteiger partial charge in [0.15, 0.2) is 12.1 Å². The molecule has 11 N–H and O–H groups in total. The summed E-state index contributed by atoms with van der Waals surface area (Å²) in [4.78, 5) is 25.3.